The second-order valence-corrected chi connectivity index (χ2v) is 5.32. The number of imidazole rings is 1. The molecular weight excluding hydrogens is 346 g/mol. The Balaban J connectivity index is 2.15. The van der Waals surface area contributed by atoms with E-state index in [9.17, 15) is 4.39 Å². The molecule has 1 aromatic heterocycles. The van der Waals surface area contributed by atoms with Gasteiger partial charge in [-0.05, 0) is 47.6 Å². The van der Waals surface area contributed by atoms with Gasteiger partial charge in [-0.3, -0.25) is 0 Å². The van der Waals surface area contributed by atoms with Crippen LogP contribution < -0.4 is 0 Å². The first-order chi connectivity index (χ1) is 8.70. The molecule has 0 saturated carbocycles. The first-order valence-electron chi connectivity index (χ1n) is 5.74. The zero-order valence-electron chi connectivity index (χ0n) is 9.81. The van der Waals surface area contributed by atoms with Crippen LogP contribution in [0.1, 0.15) is 17.7 Å². The van der Waals surface area contributed by atoms with E-state index in [1.807, 2.05) is 10.6 Å². The Kier molecular flexibility index (Phi) is 4.71. The Morgan fingerprint density at radius 1 is 1.39 bits per heavy atom. The number of aromatic nitrogens is 2. The van der Waals surface area contributed by atoms with Gasteiger partial charge in [0.15, 0.2) is 0 Å². The number of aliphatic hydroxyl groups excluding tert-OH is 1. The number of nitrogens with zero attached hydrogens (tertiary/aromatic N) is 2. The van der Waals surface area contributed by atoms with E-state index in [0.29, 0.717) is 18.5 Å². The highest BCUT2D eigenvalue weighted by atomic mass is 127. The number of benzene rings is 1. The first kappa shape index (κ1) is 13.5. The minimum Gasteiger partial charge on any atom is -0.396 e. The molecule has 0 amide bonds. The van der Waals surface area contributed by atoms with Gasteiger partial charge in [0.2, 0.25) is 0 Å². The van der Waals surface area contributed by atoms with Crippen LogP contribution in [-0.4, -0.2) is 21.3 Å². The van der Waals surface area contributed by atoms with Crippen molar-refractivity contribution in [3.8, 4) is 0 Å². The molecule has 2 aromatic rings. The molecule has 96 valence electrons. The van der Waals surface area contributed by atoms with Gasteiger partial charge in [0.05, 0.1) is 12.9 Å². The molecule has 0 fully saturated rings. The van der Waals surface area contributed by atoms with Crippen molar-refractivity contribution in [2.24, 2.45) is 0 Å². The van der Waals surface area contributed by atoms with E-state index in [4.69, 9.17) is 5.11 Å². The van der Waals surface area contributed by atoms with Crippen LogP contribution in [0.3, 0.4) is 0 Å². The average Bonchev–Trinajstić information content (AvgIpc) is 2.77. The third-order valence-electron chi connectivity index (χ3n) is 2.75. The van der Waals surface area contributed by atoms with Crippen molar-refractivity contribution < 1.29 is 9.50 Å². The number of hydrogen-bond acceptors (Lipinski definition) is 2. The summed E-state index contributed by atoms with van der Waals surface area (Å²) in [5.74, 6) is -0.191. The van der Waals surface area contributed by atoms with E-state index in [1.165, 1.54) is 6.07 Å². The maximum atomic E-state index is 13.7. The second-order valence-electron chi connectivity index (χ2n) is 4.08. The fourth-order valence-electron chi connectivity index (χ4n) is 1.79. The van der Waals surface area contributed by atoms with Crippen molar-refractivity contribution >= 4 is 22.6 Å². The van der Waals surface area contributed by atoms with Gasteiger partial charge in [0.25, 0.3) is 0 Å². The number of aliphatic hydroxyl groups is 1. The summed E-state index contributed by atoms with van der Waals surface area (Å²) < 4.78 is 16.6. The predicted octanol–water partition coefficient (Wildman–Crippen LogP) is 2.60. The Hall–Kier alpha value is -0.950. The summed E-state index contributed by atoms with van der Waals surface area (Å²) in [5.41, 5.74) is 1.67. The predicted molar refractivity (Wildman–Crippen MR) is 75.9 cm³/mol. The van der Waals surface area contributed by atoms with Gasteiger partial charge >= 0.3 is 0 Å². The molecule has 0 aliphatic rings. The average molecular weight is 360 g/mol. The molecule has 0 aliphatic heterocycles. The summed E-state index contributed by atoms with van der Waals surface area (Å²) in [6.45, 7) is 0.632. The second kappa shape index (κ2) is 6.29. The van der Waals surface area contributed by atoms with Crippen molar-refractivity contribution in [3.05, 3.63) is 51.4 Å². The van der Waals surface area contributed by atoms with Gasteiger partial charge in [0.1, 0.15) is 5.82 Å². The highest BCUT2D eigenvalue weighted by Gasteiger charge is 2.07. The van der Waals surface area contributed by atoms with E-state index < -0.39 is 0 Å². The lowest BCUT2D eigenvalue weighted by molar-refractivity contribution is 0.287. The summed E-state index contributed by atoms with van der Waals surface area (Å²) in [6, 6.07) is 5.22. The van der Waals surface area contributed by atoms with Gasteiger partial charge in [0, 0.05) is 27.6 Å². The molecule has 0 radical (unpaired) electrons. The molecule has 2 rings (SSSR count). The van der Waals surface area contributed by atoms with Crippen molar-refractivity contribution in [2.45, 2.75) is 19.4 Å². The van der Waals surface area contributed by atoms with Crippen molar-refractivity contribution in [2.75, 3.05) is 6.61 Å². The lowest BCUT2D eigenvalue weighted by atomic mass is 10.2. The molecule has 1 N–H and O–H groups in total. The van der Waals surface area contributed by atoms with Crippen LogP contribution >= 0.6 is 22.6 Å². The summed E-state index contributed by atoms with van der Waals surface area (Å²) in [4.78, 5) is 4.08. The highest BCUT2D eigenvalue weighted by molar-refractivity contribution is 14.1. The quantitative estimate of drug-likeness (QED) is 0.833. The van der Waals surface area contributed by atoms with Gasteiger partial charge in [-0.1, -0.05) is 6.07 Å². The maximum absolute atomic E-state index is 13.7. The molecular formula is C13H14FIN2O. The van der Waals surface area contributed by atoms with E-state index in [1.54, 1.807) is 18.6 Å². The van der Waals surface area contributed by atoms with Crippen LogP contribution in [0, 0.1) is 9.39 Å². The summed E-state index contributed by atoms with van der Waals surface area (Å²) in [5, 5.41) is 8.83. The van der Waals surface area contributed by atoms with Gasteiger partial charge in [-0.2, -0.15) is 0 Å². The third-order valence-corrected chi connectivity index (χ3v) is 3.42. The first-order valence-corrected chi connectivity index (χ1v) is 6.82. The number of rotatable bonds is 5. The van der Waals surface area contributed by atoms with Crippen LogP contribution in [0.25, 0.3) is 0 Å². The third kappa shape index (κ3) is 3.29. The normalized spacial score (nSPS) is 10.8. The number of hydrogen-bond donors (Lipinski definition) is 1. The lowest BCUT2D eigenvalue weighted by Crippen LogP contribution is -2.05. The molecule has 18 heavy (non-hydrogen) atoms. The molecule has 0 spiro atoms. The molecule has 0 unspecified atom stereocenters. The van der Waals surface area contributed by atoms with Gasteiger partial charge in [-0.25, -0.2) is 9.37 Å². The molecule has 0 aliphatic carbocycles. The Morgan fingerprint density at radius 3 is 2.94 bits per heavy atom. The van der Waals surface area contributed by atoms with Crippen molar-refractivity contribution in [1.82, 2.24) is 9.55 Å². The molecule has 1 aromatic carbocycles. The van der Waals surface area contributed by atoms with Crippen molar-refractivity contribution in [1.29, 1.82) is 0 Å². The number of aryl methyl sites for hydroxylation is 1. The summed E-state index contributed by atoms with van der Waals surface area (Å²) in [7, 11) is 0. The lowest BCUT2D eigenvalue weighted by Gasteiger charge is -2.09. The maximum Gasteiger partial charge on any atom is 0.129 e. The molecule has 1 heterocycles. The monoisotopic (exact) mass is 360 g/mol. The smallest absolute Gasteiger partial charge is 0.129 e. The van der Waals surface area contributed by atoms with Crippen LogP contribution in [0.4, 0.5) is 4.39 Å². The van der Waals surface area contributed by atoms with Crippen molar-refractivity contribution in [3.63, 3.8) is 0 Å². The van der Waals surface area contributed by atoms with Crippen LogP contribution in [0.15, 0.2) is 30.7 Å². The number of halogens is 2. The molecule has 5 heteroatoms. The fourth-order valence-corrected chi connectivity index (χ4v) is 2.25. The van der Waals surface area contributed by atoms with Crippen LogP contribution in [0.2, 0.25) is 0 Å². The summed E-state index contributed by atoms with van der Waals surface area (Å²) in [6.07, 6.45) is 4.91. The van der Waals surface area contributed by atoms with Gasteiger partial charge < -0.3 is 9.67 Å². The van der Waals surface area contributed by atoms with Crippen LogP contribution in [-0.2, 0) is 13.0 Å². The standard InChI is InChI=1S/C13H14FIN2O/c14-13-6-11(15)4-3-10(13)8-17-9-16-7-12(17)2-1-5-18/h3-4,6-7,9,18H,1-2,5,8H2. The highest BCUT2D eigenvalue weighted by Crippen LogP contribution is 2.15. The van der Waals surface area contributed by atoms with E-state index in [0.717, 1.165) is 15.7 Å². The van der Waals surface area contributed by atoms with Gasteiger partial charge in [-0.15, -0.1) is 0 Å². The minimum absolute atomic E-state index is 0.156. The molecule has 0 saturated heterocycles. The topological polar surface area (TPSA) is 38.1 Å². The van der Waals surface area contributed by atoms with Crippen LogP contribution in [0.5, 0.6) is 0 Å². The summed E-state index contributed by atoms with van der Waals surface area (Å²) >= 11 is 2.09. The zero-order chi connectivity index (χ0) is 13.0. The molecule has 3 nitrogen and oxygen atoms in total. The SMILES string of the molecule is OCCCc1cncn1Cc1ccc(I)cc1F. The zero-order valence-corrected chi connectivity index (χ0v) is 12.0. The molecule has 0 atom stereocenters. The Morgan fingerprint density at radius 2 is 2.22 bits per heavy atom. The Bertz CT molecular complexity index is 527. The van der Waals surface area contributed by atoms with E-state index in [2.05, 4.69) is 27.6 Å². The fraction of sp³-hybridized carbons (Fsp3) is 0.308. The Labute approximate surface area is 119 Å². The minimum atomic E-state index is -0.191. The molecule has 0 bridgehead atoms. The van der Waals surface area contributed by atoms with E-state index in [-0.39, 0.29) is 12.4 Å². The largest absolute Gasteiger partial charge is 0.396 e. The van der Waals surface area contributed by atoms with E-state index >= 15 is 0 Å².